The van der Waals surface area contributed by atoms with E-state index in [2.05, 4.69) is 6.58 Å². The van der Waals surface area contributed by atoms with Gasteiger partial charge in [-0.05, 0) is 25.0 Å². The molecule has 0 bridgehead atoms. The normalized spacial score (nSPS) is 16.7. The molecule has 2 heteroatoms. The van der Waals surface area contributed by atoms with Crippen molar-refractivity contribution in [2.45, 2.75) is 13.3 Å². The minimum Gasteiger partial charge on any atom is -0.493 e. The van der Waals surface area contributed by atoms with Crippen molar-refractivity contribution in [2.75, 3.05) is 13.7 Å². The van der Waals surface area contributed by atoms with Gasteiger partial charge in [0.25, 0.3) is 0 Å². The first-order valence-corrected chi connectivity index (χ1v) is 4.05. The molecule has 0 aliphatic heterocycles. The number of methoxy groups -OCH3 is 1. The van der Waals surface area contributed by atoms with Crippen LogP contribution in [0.5, 0.6) is 0 Å². The van der Waals surface area contributed by atoms with Gasteiger partial charge < -0.3 is 9.47 Å². The number of hydrogen-bond acceptors (Lipinski definition) is 2. The van der Waals surface area contributed by atoms with Crippen LogP contribution in [-0.2, 0) is 9.47 Å². The van der Waals surface area contributed by atoms with Gasteiger partial charge in [0.05, 0.1) is 13.7 Å². The summed E-state index contributed by atoms with van der Waals surface area (Å²) in [5.74, 6) is 1.57. The summed E-state index contributed by atoms with van der Waals surface area (Å²) in [4.78, 5) is 0. The Bertz CT molecular complexity index is 236. The highest BCUT2D eigenvalue weighted by molar-refractivity contribution is 5.37. The van der Waals surface area contributed by atoms with Gasteiger partial charge in [-0.25, -0.2) is 0 Å². The predicted molar refractivity (Wildman–Crippen MR) is 48.6 cm³/mol. The van der Waals surface area contributed by atoms with E-state index in [-0.39, 0.29) is 0 Å². The Morgan fingerprint density at radius 3 is 2.92 bits per heavy atom. The van der Waals surface area contributed by atoms with Gasteiger partial charge in [0, 0.05) is 0 Å². The van der Waals surface area contributed by atoms with Crippen LogP contribution < -0.4 is 0 Å². The summed E-state index contributed by atoms with van der Waals surface area (Å²) in [7, 11) is 1.64. The molecule has 0 heterocycles. The average Bonchev–Trinajstić information content (AvgIpc) is 2.09. The Balaban J connectivity index is 2.87. The zero-order valence-corrected chi connectivity index (χ0v) is 7.59. The molecule has 66 valence electrons. The Morgan fingerprint density at radius 2 is 2.33 bits per heavy atom. The van der Waals surface area contributed by atoms with Gasteiger partial charge in [0.2, 0.25) is 0 Å². The highest BCUT2D eigenvalue weighted by Crippen LogP contribution is 2.24. The van der Waals surface area contributed by atoms with Crippen LogP contribution in [0.2, 0.25) is 0 Å². The van der Waals surface area contributed by atoms with E-state index in [0.29, 0.717) is 6.61 Å². The third kappa shape index (κ3) is 1.70. The highest BCUT2D eigenvalue weighted by Gasteiger charge is 2.12. The second-order valence-electron chi connectivity index (χ2n) is 2.54. The molecule has 1 aliphatic carbocycles. The van der Waals surface area contributed by atoms with Crippen molar-refractivity contribution in [1.82, 2.24) is 0 Å². The van der Waals surface area contributed by atoms with E-state index >= 15 is 0 Å². The minimum atomic E-state index is 0.648. The SMILES string of the molecule is C=C1CC=CC(OC)=C1OCC. The molecular weight excluding hydrogens is 152 g/mol. The fourth-order valence-corrected chi connectivity index (χ4v) is 1.13. The summed E-state index contributed by atoms with van der Waals surface area (Å²) >= 11 is 0. The zero-order chi connectivity index (χ0) is 8.97. The molecule has 12 heavy (non-hydrogen) atoms. The average molecular weight is 166 g/mol. The Hall–Kier alpha value is -1.18. The molecule has 1 rings (SSSR count). The fourth-order valence-electron chi connectivity index (χ4n) is 1.13. The molecule has 0 spiro atoms. The molecule has 0 radical (unpaired) electrons. The second-order valence-corrected chi connectivity index (χ2v) is 2.54. The van der Waals surface area contributed by atoms with E-state index in [1.165, 1.54) is 0 Å². The maximum atomic E-state index is 5.40. The van der Waals surface area contributed by atoms with E-state index < -0.39 is 0 Å². The lowest BCUT2D eigenvalue weighted by Gasteiger charge is -2.16. The molecule has 0 aromatic carbocycles. The molecule has 0 aromatic heterocycles. The first-order valence-electron chi connectivity index (χ1n) is 4.05. The largest absolute Gasteiger partial charge is 0.493 e. The summed E-state index contributed by atoms with van der Waals surface area (Å²) in [5, 5.41) is 0. The molecule has 0 amide bonds. The molecule has 0 N–H and O–H groups in total. The third-order valence-corrected chi connectivity index (χ3v) is 1.69. The van der Waals surface area contributed by atoms with Crippen LogP contribution in [0.15, 0.2) is 35.8 Å². The number of hydrogen-bond donors (Lipinski definition) is 0. The van der Waals surface area contributed by atoms with Crippen LogP contribution >= 0.6 is 0 Å². The fraction of sp³-hybridized carbons (Fsp3) is 0.400. The van der Waals surface area contributed by atoms with Crippen LogP contribution in [0.25, 0.3) is 0 Å². The third-order valence-electron chi connectivity index (χ3n) is 1.69. The molecule has 0 aromatic rings. The lowest BCUT2D eigenvalue weighted by atomic mass is 10.1. The predicted octanol–water partition coefficient (Wildman–Crippen LogP) is 2.40. The molecule has 0 saturated carbocycles. The van der Waals surface area contributed by atoms with E-state index in [1.54, 1.807) is 7.11 Å². The molecule has 0 unspecified atom stereocenters. The Labute approximate surface area is 73.2 Å². The lowest BCUT2D eigenvalue weighted by molar-refractivity contribution is 0.199. The van der Waals surface area contributed by atoms with Crippen molar-refractivity contribution >= 4 is 0 Å². The maximum absolute atomic E-state index is 5.40. The highest BCUT2D eigenvalue weighted by atomic mass is 16.5. The first-order chi connectivity index (χ1) is 5.79. The van der Waals surface area contributed by atoms with Crippen LogP contribution in [0, 0.1) is 0 Å². The van der Waals surface area contributed by atoms with Crippen molar-refractivity contribution in [1.29, 1.82) is 0 Å². The van der Waals surface area contributed by atoms with Crippen LogP contribution in [0.3, 0.4) is 0 Å². The van der Waals surface area contributed by atoms with E-state index in [4.69, 9.17) is 9.47 Å². The van der Waals surface area contributed by atoms with E-state index in [9.17, 15) is 0 Å². The molecule has 0 saturated heterocycles. The standard InChI is InChI=1S/C10H14O2/c1-4-12-10-8(2)6-5-7-9(10)11-3/h5,7H,2,4,6H2,1,3H3. The molecular formula is C10H14O2. The first kappa shape index (κ1) is 8.91. The zero-order valence-electron chi connectivity index (χ0n) is 7.59. The molecule has 0 fully saturated rings. The summed E-state index contributed by atoms with van der Waals surface area (Å²) in [6.45, 7) is 6.50. The second kappa shape index (κ2) is 4.00. The summed E-state index contributed by atoms with van der Waals surface area (Å²) in [5.41, 5.74) is 0.983. The van der Waals surface area contributed by atoms with E-state index in [1.807, 2.05) is 19.1 Å². The Morgan fingerprint density at radius 1 is 1.58 bits per heavy atom. The van der Waals surface area contributed by atoms with Gasteiger partial charge in [-0.15, -0.1) is 0 Å². The quantitative estimate of drug-likeness (QED) is 0.641. The van der Waals surface area contributed by atoms with Crippen LogP contribution in [0.1, 0.15) is 13.3 Å². The number of ether oxygens (including phenoxy) is 2. The van der Waals surface area contributed by atoms with Crippen molar-refractivity contribution < 1.29 is 9.47 Å². The smallest absolute Gasteiger partial charge is 0.164 e. The van der Waals surface area contributed by atoms with Gasteiger partial charge in [0.15, 0.2) is 11.5 Å². The summed E-state index contributed by atoms with van der Waals surface area (Å²) in [6.07, 6.45) is 4.78. The minimum absolute atomic E-state index is 0.648. The molecule has 1 aliphatic rings. The van der Waals surface area contributed by atoms with Crippen molar-refractivity contribution in [3.8, 4) is 0 Å². The van der Waals surface area contributed by atoms with Crippen LogP contribution in [-0.4, -0.2) is 13.7 Å². The molecule has 2 nitrogen and oxygen atoms in total. The number of allylic oxidation sites excluding steroid dienone is 3. The topological polar surface area (TPSA) is 18.5 Å². The lowest BCUT2D eigenvalue weighted by Crippen LogP contribution is -2.03. The van der Waals surface area contributed by atoms with E-state index in [0.717, 1.165) is 23.5 Å². The van der Waals surface area contributed by atoms with Crippen molar-refractivity contribution in [3.05, 3.63) is 35.8 Å². The van der Waals surface area contributed by atoms with Crippen molar-refractivity contribution in [3.63, 3.8) is 0 Å². The summed E-state index contributed by atoms with van der Waals surface area (Å²) in [6, 6.07) is 0. The maximum Gasteiger partial charge on any atom is 0.164 e. The van der Waals surface area contributed by atoms with Gasteiger partial charge in [-0.2, -0.15) is 0 Å². The van der Waals surface area contributed by atoms with Gasteiger partial charge in [-0.3, -0.25) is 0 Å². The summed E-state index contributed by atoms with van der Waals surface area (Å²) < 4.78 is 10.5. The van der Waals surface area contributed by atoms with Gasteiger partial charge in [-0.1, -0.05) is 12.7 Å². The van der Waals surface area contributed by atoms with Crippen molar-refractivity contribution in [2.24, 2.45) is 0 Å². The Kier molecular flexibility index (Phi) is 2.97. The monoisotopic (exact) mass is 166 g/mol. The van der Waals surface area contributed by atoms with Crippen LogP contribution in [0.4, 0.5) is 0 Å². The number of rotatable bonds is 3. The molecule has 0 atom stereocenters. The van der Waals surface area contributed by atoms with Gasteiger partial charge in [0.1, 0.15) is 0 Å². The van der Waals surface area contributed by atoms with Gasteiger partial charge >= 0.3 is 0 Å².